The Labute approximate surface area is 119 Å². The molecule has 2 unspecified atom stereocenters. The summed E-state index contributed by atoms with van der Waals surface area (Å²) in [6.07, 6.45) is 0. The van der Waals surface area contributed by atoms with Gasteiger partial charge in [-0.05, 0) is 24.6 Å². The number of hydrogen-bond acceptors (Lipinski definition) is 5. The van der Waals surface area contributed by atoms with Gasteiger partial charge in [-0.1, -0.05) is 23.9 Å². The molecule has 20 heavy (non-hydrogen) atoms. The number of H-pyrrole nitrogens is 1. The Bertz CT molecular complexity index is 642. The largest absolute Gasteiger partial charge is 0.383 e. The SMILES string of the molecule is CC(N)C(Sc1nc(N)cc(=O)[nH]1)c1ccc(F)cc1. The zero-order valence-electron chi connectivity index (χ0n) is 10.8. The van der Waals surface area contributed by atoms with Crippen LogP contribution in [-0.2, 0) is 0 Å². The number of aromatic amines is 1. The van der Waals surface area contributed by atoms with E-state index in [0.717, 1.165) is 5.56 Å². The number of nitrogens with two attached hydrogens (primary N) is 2. The summed E-state index contributed by atoms with van der Waals surface area (Å²) in [6.45, 7) is 1.84. The molecule has 1 heterocycles. The molecule has 0 aliphatic carbocycles. The van der Waals surface area contributed by atoms with E-state index in [1.807, 2.05) is 6.92 Å². The molecular weight excluding hydrogens is 279 g/mol. The van der Waals surface area contributed by atoms with Crippen molar-refractivity contribution in [3.05, 3.63) is 52.1 Å². The van der Waals surface area contributed by atoms with Crippen molar-refractivity contribution >= 4 is 17.6 Å². The number of rotatable bonds is 4. The zero-order chi connectivity index (χ0) is 14.7. The highest BCUT2D eigenvalue weighted by atomic mass is 32.2. The fraction of sp³-hybridized carbons (Fsp3) is 0.231. The van der Waals surface area contributed by atoms with Gasteiger partial charge in [0.1, 0.15) is 11.6 Å². The first-order valence-corrected chi connectivity index (χ1v) is 6.88. The first-order chi connectivity index (χ1) is 9.45. The Hall–Kier alpha value is -1.86. The minimum atomic E-state index is -0.317. The van der Waals surface area contributed by atoms with Crippen LogP contribution in [-0.4, -0.2) is 16.0 Å². The summed E-state index contributed by atoms with van der Waals surface area (Å²) in [5.74, 6) is -0.156. The minimum absolute atomic E-state index is 0.152. The second-order valence-electron chi connectivity index (χ2n) is 4.42. The number of benzene rings is 1. The summed E-state index contributed by atoms with van der Waals surface area (Å²) in [5, 5.41) is 0.224. The molecule has 0 bridgehead atoms. The Morgan fingerprint density at radius 3 is 2.55 bits per heavy atom. The second-order valence-corrected chi connectivity index (χ2v) is 5.55. The summed E-state index contributed by atoms with van der Waals surface area (Å²) in [6, 6.07) is 7.09. The summed E-state index contributed by atoms with van der Waals surface area (Å²) < 4.78 is 13.0. The molecule has 0 fully saturated rings. The number of halogens is 1. The maximum Gasteiger partial charge on any atom is 0.253 e. The van der Waals surface area contributed by atoms with Crippen LogP contribution in [0.25, 0.3) is 0 Å². The van der Waals surface area contributed by atoms with Crippen LogP contribution in [0.1, 0.15) is 17.7 Å². The predicted molar refractivity (Wildman–Crippen MR) is 77.9 cm³/mol. The van der Waals surface area contributed by atoms with Gasteiger partial charge >= 0.3 is 0 Å². The number of hydrogen-bond donors (Lipinski definition) is 3. The molecule has 1 aromatic carbocycles. The van der Waals surface area contributed by atoms with Crippen LogP contribution in [0.3, 0.4) is 0 Å². The van der Waals surface area contributed by atoms with Gasteiger partial charge in [-0.3, -0.25) is 4.79 Å². The molecule has 2 rings (SSSR count). The molecule has 0 spiro atoms. The third-order valence-corrected chi connectivity index (χ3v) is 4.03. The molecule has 5 N–H and O–H groups in total. The van der Waals surface area contributed by atoms with Gasteiger partial charge < -0.3 is 16.5 Å². The number of nitrogens with zero attached hydrogens (tertiary/aromatic N) is 1. The molecule has 2 aromatic rings. The van der Waals surface area contributed by atoms with E-state index < -0.39 is 0 Å². The highest BCUT2D eigenvalue weighted by molar-refractivity contribution is 7.99. The molecule has 5 nitrogen and oxygen atoms in total. The van der Waals surface area contributed by atoms with E-state index in [2.05, 4.69) is 9.97 Å². The topological polar surface area (TPSA) is 97.8 Å². The zero-order valence-corrected chi connectivity index (χ0v) is 11.7. The van der Waals surface area contributed by atoms with E-state index in [1.54, 1.807) is 12.1 Å². The van der Waals surface area contributed by atoms with Crippen molar-refractivity contribution < 1.29 is 4.39 Å². The van der Waals surface area contributed by atoms with Gasteiger partial charge in [0.05, 0.1) is 5.25 Å². The molecular formula is C13H15FN4OS. The normalized spacial score (nSPS) is 13.9. The number of aromatic nitrogens is 2. The van der Waals surface area contributed by atoms with Crippen LogP contribution >= 0.6 is 11.8 Å². The average Bonchev–Trinajstić information content (AvgIpc) is 2.36. The Kier molecular flexibility index (Phi) is 4.41. The van der Waals surface area contributed by atoms with Gasteiger partial charge in [-0.25, -0.2) is 9.37 Å². The quantitative estimate of drug-likeness (QED) is 0.588. The third-order valence-electron chi connectivity index (χ3n) is 2.65. The standard InChI is InChI=1S/C13H15FN4OS/c1-7(15)12(8-2-4-9(14)5-3-8)20-13-17-10(16)6-11(19)18-13/h2-7,12H,15H2,1H3,(H3,16,17,18,19). The monoisotopic (exact) mass is 294 g/mol. The lowest BCUT2D eigenvalue weighted by atomic mass is 10.1. The van der Waals surface area contributed by atoms with Gasteiger partial charge in [0, 0.05) is 12.1 Å². The summed E-state index contributed by atoms with van der Waals surface area (Å²) in [7, 11) is 0. The van der Waals surface area contributed by atoms with E-state index >= 15 is 0 Å². The molecule has 0 amide bonds. The average molecular weight is 294 g/mol. The van der Waals surface area contributed by atoms with Gasteiger partial charge in [-0.15, -0.1) is 0 Å². The van der Waals surface area contributed by atoms with E-state index in [-0.39, 0.29) is 28.5 Å². The maximum atomic E-state index is 13.0. The van der Waals surface area contributed by atoms with Crippen molar-refractivity contribution in [1.82, 2.24) is 9.97 Å². The Balaban J connectivity index is 2.30. The number of thioether (sulfide) groups is 1. The molecule has 0 aliphatic heterocycles. The molecule has 106 valence electrons. The molecule has 7 heteroatoms. The first kappa shape index (κ1) is 14.5. The van der Waals surface area contributed by atoms with E-state index in [9.17, 15) is 9.18 Å². The van der Waals surface area contributed by atoms with Crippen LogP contribution in [0.15, 0.2) is 40.3 Å². The van der Waals surface area contributed by atoms with Crippen molar-refractivity contribution in [2.45, 2.75) is 23.4 Å². The molecule has 0 radical (unpaired) electrons. The fourth-order valence-electron chi connectivity index (χ4n) is 1.76. The molecule has 1 aromatic heterocycles. The fourth-order valence-corrected chi connectivity index (χ4v) is 2.83. The van der Waals surface area contributed by atoms with Crippen LogP contribution < -0.4 is 17.0 Å². The Morgan fingerprint density at radius 1 is 1.35 bits per heavy atom. The van der Waals surface area contributed by atoms with Crippen molar-refractivity contribution in [1.29, 1.82) is 0 Å². The van der Waals surface area contributed by atoms with Gasteiger partial charge in [-0.2, -0.15) is 0 Å². The van der Waals surface area contributed by atoms with Gasteiger partial charge in [0.2, 0.25) is 0 Å². The Morgan fingerprint density at radius 2 is 2.00 bits per heavy atom. The molecule has 2 atom stereocenters. The summed E-state index contributed by atoms with van der Waals surface area (Å²) in [4.78, 5) is 18.0. The summed E-state index contributed by atoms with van der Waals surface area (Å²) >= 11 is 1.29. The highest BCUT2D eigenvalue weighted by Crippen LogP contribution is 2.35. The predicted octanol–water partition coefficient (Wildman–Crippen LogP) is 1.67. The van der Waals surface area contributed by atoms with Crippen LogP contribution in [0.2, 0.25) is 0 Å². The second kappa shape index (κ2) is 6.06. The summed E-state index contributed by atoms with van der Waals surface area (Å²) in [5.41, 5.74) is 12.1. The number of nitrogens with one attached hydrogen (secondary N) is 1. The van der Waals surface area contributed by atoms with Crippen LogP contribution in [0.4, 0.5) is 10.2 Å². The lowest BCUT2D eigenvalue weighted by molar-refractivity contribution is 0.625. The van der Waals surface area contributed by atoms with E-state index in [0.29, 0.717) is 5.16 Å². The van der Waals surface area contributed by atoms with Crippen molar-refractivity contribution in [2.24, 2.45) is 5.73 Å². The van der Waals surface area contributed by atoms with Crippen LogP contribution in [0, 0.1) is 5.82 Å². The van der Waals surface area contributed by atoms with E-state index in [1.165, 1.54) is 30.0 Å². The number of nitrogen functional groups attached to an aromatic ring is 1. The molecule has 0 saturated heterocycles. The van der Waals surface area contributed by atoms with Gasteiger partial charge in [0.25, 0.3) is 5.56 Å². The van der Waals surface area contributed by atoms with Crippen molar-refractivity contribution in [3.63, 3.8) is 0 Å². The third kappa shape index (κ3) is 3.58. The number of anilines is 1. The maximum absolute atomic E-state index is 13.0. The van der Waals surface area contributed by atoms with Crippen molar-refractivity contribution in [3.8, 4) is 0 Å². The van der Waals surface area contributed by atoms with Crippen LogP contribution in [0.5, 0.6) is 0 Å². The first-order valence-electron chi connectivity index (χ1n) is 6.00. The van der Waals surface area contributed by atoms with Crippen molar-refractivity contribution in [2.75, 3.05) is 5.73 Å². The molecule has 0 saturated carbocycles. The van der Waals surface area contributed by atoms with Gasteiger partial charge in [0.15, 0.2) is 5.16 Å². The highest BCUT2D eigenvalue weighted by Gasteiger charge is 2.19. The molecule has 0 aliphatic rings. The smallest absolute Gasteiger partial charge is 0.253 e. The van der Waals surface area contributed by atoms with E-state index in [4.69, 9.17) is 11.5 Å². The lowest BCUT2D eigenvalue weighted by Crippen LogP contribution is -2.23. The minimum Gasteiger partial charge on any atom is -0.383 e. The lowest BCUT2D eigenvalue weighted by Gasteiger charge is -2.20.